The predicted octanol–water partition coefficient (Wildman–Crippen LogP) is 2.48. The summed E-state index contributed by atoms with van der Waals surface area (Å²) in [6, 6.07) is 13.7. The minimum atomic E-state index is -3.57. The van der Waals surface area contributed by atoms with Crippen LogP contribution in [0.15, 0.2) is 59.6 Å². The van der Waals surface area contributed by atoms with Crippen LogP contribution in [0.3, 0.4) is 0 Å². The number of esters is 1. The molecule has 0 aliphatic heterocycles. The van der Waals surface area contributed by atoms with Gasteiger partial charge in [-0.3, -0.25) is 4.79 Å². The van der Waals surface area contributed by atoms with E-state index in [9.17, 15) is 18.0 Å². The topological polar surface area (TPSA) is 105 Å². The van der Waals surface area contributed by atoms with Crippen LogP contribution in [0.1, 0.15) is 22.8 Å². The third-order valence-electron chi connectivity index (χ3n) is 4.55. The van der Waals surface area contributed by atoms with Crippen molar-refractivity contribution in [2.24, 2.45) is 0 Å². The maximum Gasteiger partial charge on any atom is 0.339 e. The Morgan fingerprint density at radius 3 is 2.59 bits per heavy atom. The van der Waals surface area contributed by atoms with Crippen LogP contribution < -0.4 is 5.32 Å². The van der Waals surface area contributed by atoms with E-state index in [1.54, 1.807) is 6.07 Å². The second-order valence-corrected chi connectivity index (χ2v) is 8.68. The first-order chi connectivity index (χ1) is 13.9. The summed E-state index contributed by atoms with van der Waals surface area (Å²) in [6.45, 7) is 1.41. The number of carbonyl (C=O) groups excluding carboxylic acids is 2. The van der Waals surface area contributed by atoms with Crippen molar-refractivity contribution in [3.8, 4) is 0 Å². The second kappa shape index (κ2) is 8.91. The maximum absolute atomic E-state index is 12.3. The first kappa shape index (κ1) is 20.6. The Bertz CT molecular complexity index is 1130. The van der Waals surface area contributed by atoms with Gasteiger partial charge in [-0.15, -0.1) is 0 Å². The summed E-state index contributed by atoms with van der Waals surface area (Å²) >= 11 is 0. The van der Waals surface area contributed by atoms with Crippen molar-refractivity contribution in [1.82, 2.24) is 10.3 Å². The van der Waals surface area contributed by atoms with E-state index in [0.717, 1.165) is 16.5 Å². The van der Waals surface area contributed by atoms with Crippen LogP contribution in [0.2, 0.25) is 0 Å². The average Bonchev–Trinajstić information content (AvgIpc) is 3.15. The third kappa shape index (κ3) is 4.83. The van der Waals surface area contributed by atoms with Gasteiger partial charge in [0.25, 0.3) is 5.91 Å². The van der Waals surface area contributed by atoms with Crippen LogP contribution in [0.4, 0.5) is 0 Å². The van der Waals surface area contributed by atoms with E-state index >= 15 is 0 Å². The lowest BCUT2D eigenvalue weighted by Crippen LogP contribution is -2.30. The Labute approximate surface area is 169 Å². The molecule has 0 aliphatic rings. The molecule has 29 heavy (non-hydrogen) atoms. The number of nitrogens with one attached hydrogen (secondary N) is 2. The maximum atomic E-state index is 12.3. The zero-order valence-corrected chi connectivity index (χ0v) is 16.8. The number of hydrogen-bond acceptors (Lipinski definition) is 5. The highest BCUT2D eigenvalue weighted by atomic mass is 32.2. The van der Waals surface area contributed by atoms with Gasteiger partial charge in [-0.05, 0) is 30.2 Å². The Hall–Kier alpha value is -3.13. The molecular weight excluding hydrogens is 392 g/mol. The van der Waals surface area contributed by atoms with E-state index in [2.05, 4.69) is 10.3 Å². The summed E-state index contributed by atoms with van der Waals surface area (Å²) in [4.78, 5) is 27.3. The Kier molecular flexibility index (Phi) is 6.33. The van der Waals surface area contributed by atoms with E-state index in [1.807, 2.05) is 30.5 Å². The van der Waals surface area contributed by atoms with Crippen LogP contribution in [-0.4, -0.2) is 44.2 Å². The molecule has 1 amide bonds. The van der Waals surface area contributed by atoms with Gasteiger partial charge >= 0.3 is 5.97 Å². The molecule has 8 heteroatoms. The van der Waals surface area contributed by atoms with E-state index in [1.165, 1.54) is 25.1 Å². The first-order valence-corrected chi connectivity index (χ1v) is 10.9. The summed E-state index contributed by atoms with van der Waals surface area (Å²) in [5.74, 6) is -1.43. The molecule has 0 fully saturated rings. The summed E-state index contributed by atoms with van der Waals surface area (Å²) in [5.41, 5.74) is 2.04. The number of fused-ring (bicyclic) bond motifs is 1. The van der Waals surface area contributed by atoms with Crippen molar-refractivity contribution in [3.05, 3.63) is 65.9 Å². The van der Waals surface area contributed by atoms with Gasteiger partial charge in [0.2, 0.25) is 0 Å². The van der Waals surface area contributed by atoms with Gasteiger partial charge in [-0.1, -0.05) is 37.3 Å². The van der Waals surface area contributed by atoms with Crippen LogP contribution >= 0.6 is 0 Å². The Balaban J connectivity index is 1.53. The molecule has 0 bridgehead atoms. The number of amides is 1. The predicted molar refractivity (Wildman–Crippen MR) is 109 cm³/mol. The molecule has 1 heterocycles. The van der Waals surface area contributed by atoms with E-state index in [4.69, 9.17) is 4.74 Å². The number of ether oxygens (including phenoxy) is 1. The number of hydrogen-bond donors (Lipinski definition) is 2. The highest BCUT2D eigenvalue weighted by Gasteiger charge is 2.22. The SMILES string of the molecule is CCS(=O)(=O)c1ccccc1C(=O)OCC(=O)NCCc1c[nH]c2ccccc12. The molecule has 2 N–H and O–H groups in total. The fourth-order valence-electron chi connectivity index (χ4n) is 3.00. The van der Waals surface area contributed by atoms with Crippen LogP contribution in [-0.2, 0) is 25.8 Å². The number of aromatic amines is 1. The zero-order chi connectivity index (χ0) is 20.9. The first-order valence-electron chi connectivity index (χ1n) is 9.23. The zero-order valence-electron chi connectivity index (χ0n) is 16.0. The molecule has 0 spiro atoms. The summed E-state index contributed by atoms with van der Waals surface area (Å²) in [7, 11) is -3.57. The summed E-state index contributed by atoms with van der Waals surface area (Å²) in [5, 5.41) is 3.80. The molecule has 3 aromatic rings. The molecule has 0 aliphatic carbocycles. The molecule has 0 radical (unpaired) electrons. The van der Waals surface area contributed by atoms with Crippen molar-refractivity contribution in [2.45, 2.75) is 18.2 Å². The highest BCUT2D eigenvalue weighted by molar-refractivity contribution is 7.91. The third-order valence-corrected chi connectivity index (χ3v) is 6.33. The van der Waals surface area contributed by atoms with E-state index in [0.29, 0.717) is 13.0 Å². The minimum absolute atomic E-state index is 0.0686. The van der Waals surface area contributed by atoms with Gasteiger partial charge in [0.1, 0.15) is 0 Å². The van der Waals surface area contributed by atoms with Crippen molar-refractivity contribution in [2.75, 3.05) is 18.9 Å². The van der Waals surface area contributed by atoms with Crippen molar-refractivity contribution in [1.29, 1.82) is 0 Å². The minimum Gasteiger partial charge on any atom is -0.452 e. The fourth-order valence-corrected chi connectivity index (χ4v) is 4.08. The average molecular weight is 414 g/mol. The monoisotopic (exact) mass is 414 g/mol. The molecule has 0 saturated heterocycles. The van der Waals surface area contributed by atoms with Crippen LogP contribution in [0, 0.1) is 0 Å². The molecule has 152 valence electrons. The van der Waals surface area contributed by atoms with E-state index in [-0.39, 0.29) is 16.2 Å². The molecule has 7 nitrogen and oxygen atoms in total. The molecule has 3 rings (SSSR count). The van der Waals surface area contributed by atoms with Gasteiger partial charge in [0, 0.05) is 23.6 Å². The normalized spacial score (nSPS) is 11.3. The summed E-state index contributed by atoms with van der Waals surface area (Å²) < 4.78 is 29.3. The van der Waals surface area contributed by atoms with Gasteiger partial charge < -0.3 is 15.0 Å². The van der Waals surface area contributed by atoms with Crippen LogP contribution in [0.5, 0.6) is 0 Å². The largest absolute Gasteiger partial charge is 0.452 e. The molecule has 0 atom stereocenters. The lowest BCUT2D eigenvalue weighted by atomic mass is 10.1. The second-order valence-electron chi connectivity index (χ2n) is 6.44. The lowest BCUT2D eigenvalue weighted by molar-refractivity contribution is -0.124. The quantitative estimate of drug-likeness (QED) is 0.551. The number of para-hydroxylation sites is 1. The molecule has 2 aromatic carbocycles. The lowest BCUT2D eigenvalue weighted by Gasteiger charge is -2.10. The number of H-pyrrole nitrogens is 1. The fraction of sp³-hybridized carbons (Fsp3) is 0.238. The number of rotatable bonds is 8. The van der Waals surface area contributed by atoms with Crippen LogP contribution in [0.25, 0.3) is 10.9 Å². The molecular formula is C21H22N2O5S. The standard InChI is InChI=1S/C21H22N2O5S/c1-2-29(26,27)19-10-6-4-8-17(19)21(25)28-14-20(24)22-12-11-15-13-23-18-9-5-3-7-16(15)18/h3-10,13,23H,2,11-12,14H2,1H3,(H,22,24). The van der Waals surface area contributed by atoms with Crippen molar-refractivity contribution < 1.29 is 22.7 Å². The number of aromatic nitrogens is 1. The number of carbonyl (C=O) groups is 2. The number of benzene rings is 2. The van der Waals surface area contributed by atoms with Gasteiger partial charge in [0.15, 0.2) is 16.4 Å². The number of sulfone groups is 1. The Morgan fingerprint density at radius 1 is 1.07 bits per heavy atom. The smallest absolute Gasteiger partial charge is 0.339 e. The summed E-state index contributed by atoms with van der Waals surface area (Å²) in [6.07, 6.45) is 2.53. The molecule has 0 unspecified atom stereocenters. The molecule has 0 saturated carbocycles. The van der Waals surface area contributed by atoms with Gasteiger partial charge in [-0.2, -0.15) is 0 Å². The highest BCUT2D eigenvalue weighted by Crippen LogP contribution is 2.19. The van der Waals surface area contributed by atoms with Crippen molar-refractivity contribution >= 4 is 32.6 Å². The molecule has 1 aromatic heterocycles. The van der Waals surface area contributed by atoms with E-state index < -0.39 is 28.3 Å². The van der Waals surface area contributed by atoms with Gasteiger partial charge in [-0.25, -0.2) is 13.2 Å². The van der Waals surface area contributed by atoms with Crippen molar-refractivity contribution in [3.63, 3.8) is 0 Å². The van der Waals surface area contributed by atoms with Gasteiger partial charge in [0.05, 0.1) is 16.2 Å². The Morgan fingerprint density at radius 2 is 1.79 bits per heavy atom.